The van der Waals surface area contributed by atoms with Gasteiger partial charge in [0, 0.05) is 55.0 Å². The summed E-state index contributed by atoms with van der Waals surface area (Å²) in [5.41, 5.74) is 9.81. The van der Waals surface area contributed by atoms with Crippen LogP contribution in [-0.2, 0) is 30.8 Å². The van der Waals surface area contributed by atoms with Crippen LogP contribution >= 0.6 is 0 Å². The van der Waals surface area contributed by atoms with Crippen molar-refractivity contribution in [3.63, 3.8) is 0 Å². The van der Waals surface area contributed by atoms with E-state index in [0.717, 1.165) is 0 Å². The van der Waals surface area contributed by atoms with Crippen LogP contribution in [0.4, 0.5) is 0 Å². The number of aliphatic hydroxyl groups excluding tert-OH is 5. The zero-order chi connectivity index (χ0) is 24.8. The molecule has 0 fully saturated rings. The Bertz CT molecular complexity index is 396. The van der Waals surface area contributed by atoms with Crippen LogP contribution in [0.5, 0.6) is 0 Å². The Labute approximate surface area is 200 Å². The van der Waals surface area contributed by atoms with E-state index < -0.39 is 9.29 Å². The van der Waals surface area contributed by atoms with Crippen molar-refractivity contribution in [1.82, 2.24) is 0 Å². The normalized spacial score (nSPS) is 9.34. The number of nitrogens with two attached hydrogens (primary N) is 2. The predicted octanol–water partition coefficient (Wildman–Crippen LogP) is -4.31. The van der Waals surface area contributed by atoms with Crippen LogP contribution in [-0.4, -0.2) is 138 Å². The van der Waals surface area contributed by atoms with Crippen LogP contribution in [0.3, 0.4) is 0 Å². The molecule has 0 saturated carbocycles. The molecule has 0 spiro atoms. The summed E-state index contributed by atoms with van der Waals surface area (Å²) < 4.78 is 16.8. The molecule has 0 amide bonds. The molecular formula is C16H36FeN6O8Si. The number of hydrogen-bond donors (Lipinski definition) is 7. The van der Waals surface area contributed by atoms with Crippen LogP contribution in [0.1, 0.15) is 0 Å². The van der Waals surface area contributed by atoms with Crippen LogP contribution in [0.15, 0.2) is 20.0 Å². The van der Waals surface area contributed by atoms with Gasteiger partial charge in [-0.1, -0.05) is 0 Å². The van der Waals surface area contributed by atoms with E-state index in [0.29, 0.717) is 45.6 Å². The van der Waals surface area contributed by atoms with Gasteiger partial charge in [0.15, 0.2) is 0 Å². The molecule has 0 aromatic rings. The zero-order valence-electron chi connectivity index (χ0n) is 17.9. The molecule has 0 atom stereocenters. The minimum absolute atomic E-state index is 0. The quantitative estimate of drug-likeness (QED) is 0.0559. The molecule has 0 heterocycles. The fourth-order valence-corrected chi connectivity index (χ4v) is 0.827. The van der Waals surface area contributed by atoms with Gasteiger partial charge in [0.25, 0.3) is 0 Å². The number of aldehydes is 1. The first-order chi connectivity index (χ1) is 15.1. The Hall–Kier alpha value is -1.59. The van der Waals surface area contributed by atoms with Gasteiger partial charge in [-0.15, -0.1) is 0 Å². The van der Waals surface area contributed by atoms with Crippen LogP contribution in [0.25, 0.3) is 0 Å². The van der Waals surface area contributed by atoms with Crippen molar-refractivity contribution < 1.29 is 56.3 Å². The van der Waals surface area contributed by atoms with Crippen molar-refractivity contribution in [2.45, 2.75) is 0 Å². The largest absolute Gasteiger partial charge is 0.549 e. The van der Waals surface area contributed by atoms with Crippen LogP contribution < -0.4 is 11.5 Å². The van der Waals surface area contributed by atoms with Crippen LogP contribution in [0.2, 0.25) is 0 Å². The number of carbonyl (C=O) groups excluding carboxylic acids is 1. The first kappa shape index (κ1) is 44.1. The number of carbonyl (C=O) groups is 1. The molecule has 0 rings (SSSR count). The van der Waals surface area contributed by atoms with Gasteiger partial charge in [-0.2, -0.15) is 0 Å². The molecule has 190 valence electrons. The van der Waals surface area contributed by atoms with E-state index in [-0.39, 0.29) is 50.1 Å². The minimum atomic E-state index is -1.42. The third-order valence-corrected chi connectivity index (χ3v) is 1.80. The summed E-state index contributed by atoms with van der Waals surface area (Å²) in [6, 6.07) is 0. The molecule has 0 aromatic carbocycles. The van der Waals surface area contributed by atoms with Crippen molar-refractivity contribution in [2.75, 3.05) is 72.3 Å². The van der Waals surface area contributed by atoms with Gasteiger partial charge in [-0.25, -0.2) is 0 Å². The Morgan fingerprint density at radius 1 is 0.594 bits per heavy atom. The monoisotopic (exact) mass is 524 g/mol. The number of nitrogens with zero attached hydrogens (tertiary/aromatic N) is 4. The topological polar surface area (TPSA) is 254 Å². The van der Waals surface area contributed by atoms with Gasteiger partial charge < -0.3 is 41.8 Å². The first-order valence-electron chi connectivity index (χ1n) is 8.88. The fraction of sp³-hybridized carbons (Fsp3) is 0.688. The van der Waals surface area contributed by atoms with Crippen molar-refractivity contribution in [3.05, 3.63) is 0 Å². The minimum Gasteiger partial charge on any atom is -0.391 e. The van der Waals surface area contributed by atoms with Gasteiger partial charge in [-0.3, -0.25) is 28.9 Å². The van der Waals surface area contributed by atoms with Gasteiger partial charge in [0.2, 0.25) is 0 Å². The molecule has 0 bridgehead atoms. The molecular weight excluding hydrogens is 488 g/mol. The maximum Gasteiger partial charge on any atom is 0.549 e. The standard InChI is InChI=1S/2C6H12N2O2.C2H8N2.C2H4O2.Fe.O2Si/c2*9-5-3-7-1-2-8-4-6-10;2*3-1-2-4;;1-3-2/h2*3-4,9-10H,1-2,5-6H2;1-4H2;1,4H,2H2;;. The van der Waals surface area contributed by atoms with Gasteiger partial charge in [0.1, 0.15) is 6.29 Å². The average molecular weight is 524 g/mol. The van der Waals surface area contributed by atoms with Gasteiger partial charge in [-0.05, 0) is 0 Å². The van der Waals surface area contributed by atoms with E-state index in [9.17, 15) is 0 Å². The smallest absolute Gasteiger partial charge is 0.391 e. The van der Waals surface area contributed by atoms with E-state index in [1.807, 2.05) is 0 Å². The third kappa shape index (κ3) is 103. The van der Waals surface area contributed by atoms with Crippen LogP contribution in [0, 0.1) is 0 Å². The summed E-state index contributed by atoms with van der Waals surface area (Å²) in [6.45, 7) is 3.00. The molecule has 0 aliphatic heterocycles. The fourth-order valence-electron chi connectivity index (χ4n) is 0.827. The Kier molecular flexibility index (Phi) is 86.9. The molecule has 16 heteroatoms. The SMILES string of the molecule is NCCN.O=CCO.O=[Si]=O.OCC=NCCN=CCO.OCC=NCCN=CCO.[Fe]. The second-order valence-corrected chi connectivity index (χ2v) is 4.26. The molecule has 0 aromatic heterocycles. The van der Waals surface area contributed by atoms with Gasteiger partial charge in [0.05, 0.1) is 59.2 Å². The van der Waals surface area contributed by atoms with E-state index in [4.69, 9.17) is 50.7 Å². The molecule has 9 N–H and O–H groups in total. The van der Waals surface area contributed by atoms with Crippen molar-refractivity contribution in [1.29, 1.82) is 0 Å². The second-order valence-electron chi connectivity index (χ2n) is 4.10. The molecule has 32 heavy (non-hydrogen) atoms. The van der Waals surface area contributed by atoms with Gasteiger partial charge >= 0.3 is 9.29 Å². The van der Waals surface area contributed by atoms with E-state index in [1.165, 1.54) is 24.9 Å². The summed E-state index contributed by atoms with van der Waals surface area (Å²) in [5, 5.41) is 40.5. The zero-order valence-corrected chi connectivity index (χ0v) is 20.0. The molecule has 0 aliphatic rings. The number of hydrogen-bond acceptors (Lipinski definition) is 14. The predicted molar refractivity (Wildman–Crippen MR) is 120 cm³/mol. The third-order valence-electron chi connectivity index (χ3n) is 1.80. The number of aliphatic imine (C=N–C) groups is 4. The Morgan fingerprint density at radius 2 is 0.781 bits per heavy atom. The first-order valence-corrected chi connectivity index (χ1v) is 9.70. The van der Waals surface area contributed by atoms with E-state index in [2.05, 4.69) is 20.0 Å². The maximum absolute atomic E-state index is 8.92. The summed E-state index contributed by atoms with van der Waals surface area (Å²) >= 11 is 0. The molecule has 0 radical (unpaired) electrons. The summed E-state index contributed by atoms with van der Waals surface area (Å²) in [4.78, 5) is 24.1. The molecule has 0 unspecified atom stereocenters. The summed E-state index contributed by atoms with van der Waals surface area (Å²) in [6.07, 6.45) is 6.13. The Balaban J connectivity index is -0.0000000716. The molecule has 14 nitrogen and oxygen atoms in total. The van der Waals surface area contributed by atoms with Crippen molar-refractivity contribution in [2.24, 2.45) is 31.4 Å². The van der Waals surface area contributed by atoms with E-state index >= 15 is 0 Å². The average Bonchev–Trinajstić information content (AvgIpc) is 2.80. The molecule has 0 saturated heterocycles. The molecule has 0 aliphatic carbocycles. The Morgan fingerprint density at radius 3 is 0.875 bits per heavy atom. The van der Waals surface area contributed by atoms with E-state index in [1.54, 1.807) is 0 Å². The number of aliphatic hydroxyl groups is 5. The maximum atomic E-state index is 8.92. The second kappa shape index (κ2) is 63.0. The van der Waals surface area contributed by atoms with Crippen molar-refractivity contribution >= 4 is 40.4 Å². The summed E-state index contributed by atoms with van der Waals surface area (Å²) in [5.74, 6) is 0. The van der Waals surface area contributed by atoms with Crippen molar-refractivity contribution in [3.8, 4) is 0 Å². The number of rotatable bonds is 12. The summed E-state index contributed by atoms with van der Waals surface area (Å²) in [7, 11) is -1.42.